The molecule has 4 heterocycles. The molecule has 3 aliphatic rings. The van der Waals surface area contributed by atoms with Crippen LogP contribution in [0, 0.1) is 23.7 Å². The molecule has 17 nitrogen and oxygen atoms in total. The van der Waals surface area contributed by atoms with Gasteiger partial charge in [-0.05, 0) is 110 Å². The van der Waals surface area contributed by atoms with Crippen molar-refractivity contribution in [1.29, 1.82) is 0 Å². The van der Waals surface area contributed by atoms with Gasteiger partial charge in [0.05, 0.1) is 47.6 Å². The first-order chi connectivity index (χ1) is 33.9. The normalized spacial score (nSPS) is 38.5. The van der Waals surface area contributed by atoms with E-state index < -0.39 is 114 Å². The second kappa shape index (κ2) is 25.9. The number of ether oxygens (including phenoxy) is 7. The second-order valence-electron chi connectivity index (χ2n) is 21.6. The van der Waals surface area contributed by atoms with E-state index in [9.17, 15) is 34.8 Å². The lowest BCUT2D eigenvalue weighted by molar-refractivity contribution is -0.319. The fourth-order valence-electron chi connectivity index (χ4n) is 11.1. The molecule has 1 amide bonds. The van der Waals surface area contributed by atoms with Gasteiger partial charge in [-0.3, -0.25) is 19.4 Å². The molecule has 0 spiro atoms. The van der Waals surface area contributed by atoms with Crippen molar-refractivity contribution in [2.24, 2.45) is 23.7 Å². The molecule has 0 unspecified atom stereocenters. The number of carbonyl (C=O) groups excluding carboxylic acids is 3. The number of aromatic nitrogens is 1. The highest BCUT2D eigenvalue weighted by Crippen LogP contribution is 2.42. The van der Waals surface area contributed by atoms with Gasteiger partial charge in [-0.25, -0.2) is 0 Å². The number of esters is 1. The minimum absolute atomic E-state index is 0.0565. The fraction of sp³-hybridized carbons (Fsp3) is 0.745. The van der Waals surface area contributed by atoms with Crippen LogP contribution in [0.3, 0.4) is 0 Å². The zero-order valence-corrected chi connectivity index (χ0v) is 45.1. The summed E-state index contributed by atoms with van der Waals surface area (Å²) in [5, 5.41) is 49.7. The molecule has 406 valence electrons. The first-order valence-corrected chi connectivity index (χ1v) is 26.1. The summed E-state index contributed by atoms with van der Waals surface area (Å²) < 4.78 is 44.6. The molecule has 3 fully saturated rings. The Bertz CT molecular complexity index is 2030. The van der Waals surface area contributed by atoms with E-state index >= 15 is 0 Å². The van der Waals surface area contributed by atoms with Crippen molar-refractivity contribution in [3.05, 3.63) is 54.4 Å². The number of aliphatic hydroxyl groups excluding tert-OH is 3. The zero-order chi connectivity index (χ0) is 53.3. The molecule has 3 saturated heterocycles. The van der Waals surface area contributed by atoms with E-state index in [1.165, 1.54) is 26.7 Å². The molecule has 0 radical (unpaired) electrons. The number of unbranched alkanes of at least 4 members (excludes halogenated alkanes) is 1. The average Bonchev–Trinajstić information content (AvgIpc) is 3.36. The molecular weight excluding hydrogens is 927 g/mol. The Morgan fingerprint density at radius 3 is 2.18 bits per heavy atom. The van der Waals surface area contributed by atoms with Crippen LogP contribution in [0.4, 0.5) is 0 Å². The third-order valence-electron chi connectivity index (χ3n) is 16.0. The van der Waals surface area contributed by atoms with Crippen LogP contribution in [0.2, 0.25) is 0 Å². The van der Waals surface area contributed by atoms with E-state index in [4.69, 9.17) is 33.2 Å². The number of nitrogens with one attached hydrogen (secondary N) is 1. The molecule has 3 aliphatic heterocycles. The maximum atomic E-state index is 14.4. The molecule has 2 aromatic rings. The standard InChI is InChI=1S/C55H87N3O14/c1-14-42-55(10,65)48(62)34(4)45(60)32(2)29-54(9,67-13)50(35(5)47(36(6)51(64)70-42)71-44-30-53(8,66-12)49(63)37(7)69-44)72-52-46(61)41(28-33(3)68-52)58(11)27-24-43(59)57-26-16-15-18-38-20-22-39(23-21-38)40-19-17-25-56-31-40/h17,19-23,25,31-37,41-42,44,46-50,52,61-63,65H,14-16,18,24,26-30H2,1-13H3,(H,57,59)/t32-,33-,34+,35+,36-,37+,41+,42-,44+,46-,47+,48-,49+,50-,52-,53-,54-,55-/m1/s1. The van der Waals surface area contributed by atoms with Crippen molar-refractivity contribution in [1.82, 2.24) is 15.2 Å². The number of methoxy groups -OCH3 is 2. The van der Waals surface area contributed by atoms with Crippen LogP contribution < -0.4 is 5.32 Å². The van der Waals surface area contributed by atoms with E-state index in [0.29, 0.717) is 19.5 Å². The SMILES string of the molecule is CC[C@H]1OC(=O)[C@H](C)[C@@H](O[C@H]2C[C@@](C)(OC)[C@@H](O)[C@H](C)O2)[C@H](C)[C@@H](O[C@H]2O[C@H](C)C[C@H](N(C)CCC(=O)NCCCCc3ccc(-c4cccnc4)cc3)[C@H]2O)[C@](C)(OC)C[C@@H](C)C(=O)[C@H](C)[C@@H](O)[C@]1(C)O. The van der Waals surface area contributed by atoms with Crippen LogP contribution in [0.1, 0.15) is 120 Å². The quantitative estimate of drug-likeness (QED) is 0.0988. The number of Topliss-reactive ketones (excluding diaryl/α,β-unsaturated/α-hetero) is 1. The van der Waals surface area contributed by atoms with E-state index in [1.807, 2.05) is 44.1 Å². The Kier molecular flexibility index (Phi) is 21.3. The molecular formula is C55H87N3O14. The summed E-state index contributed by atoms with van der Waals surface area (Å²) in [4.78, 5) is 48.0. The number of cyclic esters (lactones) is 1. The Morgan fingerprint density at radius 1 is 0.875 bits per heavy atom. The van der Waals surface area contributed by atoms with Gasteiger partial charge in [0.1, 0.15) is 29.7 Å². The maximum Gasteiger partial charge on any atom is 0.311 e. The monoisotopic (exact) mass is 1010 g/mol. The van der Waals surface area contributed by atoms with E-state index in [2.05, 4.69) is 34.6 Å². The second-order valence-corrected chi connectivity index (χ2v) is 21.6. The van der Waals surface area contributed by atoms with Gasteiger partial charge in [0, 0.05) is 76.3 Å². The van der Waals surface area contributed by atoms with Crippen molar-refractivity contribution in [3.63, 3.8) is 0 Å². The number of amides is 1. The van der Waals surface area contributed by atoms with Gasteiger partial charge in [0.15, 0.2) is 12.6 Å². The first-order valence-electron chi connectivity index (χ1n) is 26.1. The molecule has 18 atom stereocenters. The molecule has 5 N–H and O–H groups in total. The highest BCUT2D eigenvalue weighted by atomic mass is 16.7. The van der Waals surface area contributed by atoms with Crippen LogP contribution in [0.15, 0.2) is 48.8 Å². The summed E-state index contributed by atoms with van der Waals surface area (Å²) in [6.07, 6.45) is -3.33. The summed E-state index contributed by atoms with van der Waals surface area (Å²) in [6, 6.07) is 11.9. The van der Waals surface area contributed by atoms with Crippen molar-refractivity contribution in [2.75, 3.05) is 34.4 Å². The number of rotatable bonds is 17. The van der Waals surface area contributed by atoms with Gasteiger partial charge < -0.3 is 63.8 Å². The molecule has 1 aromatic heterocycles. The van der Waals surface area contributed by atoms with Crippen LogP contribution in [-0.2, 0) is 54.0 Å². The van der Waals surface area contributed by atoms with Crippen LogP contribution in [0.25, 0.3) is 11.1 Å². The third kappa shape index (κ3) is 14.3. The minimum Gasteiger partial charge on any atom is -0.459 e. The summed E-state index contributed by atoms with van der Waals surface area (Å²) in [5.41, 5.74) is -0.995. The highest BCUT2D eigenvalue weighted by Gasteiger charge is 2.54. The zero-order valence-electron chi connectivity index (χ0n) is 45.1. The lowest BCUT2D eigenvalue weighted by Crippen LogP contribution is -2.61. The van der Waals surface area contributed by atoms with Gasteiger partial charge in [0.2, 0.25) is 5.91 Å². The Balaban J connectivity index is 1.34. The van der Waals surface area contributed by atoms with Crippen LogP contribution >= 0.6 is 0 Å². The largest absolute Gasteiger partial charge is 0.459 e. The van der Waals surface area contributed by atoms with E-state index in [0.717, 1.165) is 30.4 Å². The fourth-order valence-corrected chi connectivity index (χ4v) is 11.1. The van der Waals surface area contributed by atoms with Gasteiger partial charge in [-0.15, -0.1) is 0 Å². The predicted molar refractivity (Wildman–Crippen MR) is 270 cm³/mol. The summed E-state index contributed by atoms with van der Waals surface area (Å²) in [7, 11) is 4.85. The van der Waals surface area contributed by atoms with Crippen molar-refractivity contribution in [2.45, 2.75) is 205 Å². The number of likely N-dealkylation sites (N-methyl/N-ethyl adjacent to an activating group) is 1. The number of aryl methyl sites for hydroxylation is 1. The number of nitrogens with zero attached hydrogens (tertiary/aromatic N) is 2. The van der Waals surface area contributed by atoms with Crippen LogP contribution in [0.5, 0.6) is 0 Å². The molecule has 1 aromatic carbocycles. The average molecular weight is 1010 g/mol. The Hall–Kier alpha value is -3.46. The molecule has 5 rings (SSSR count). The van der Waals surface area contributed by atoms with Crippen molar-refractivity contribution < 1.29 is 68.0 Å². The van der Waals surface area contributed by atoms with Gasteiger partial charge in [0.25, 0.3) is 0 Å². The van der Waals surface area contributed by atoms with Crippen LogP contribution in [-0.4, -0.2) is 167 Å². The lowest BCUT2D eigenvalue weighted by Gasteiger charge is -2.50. The number of ketones is 1. The molecule has 0 bridgehead atoms. The number of benzene rings is 1. The van der Waals surface area contributed by atoms with Gasteiger partial charge >= 0.3 is 5.97 Å². The molecule has 72 heavy (non-hydrogen) atoms. The summed E-state index contributed by atoms with van der Waals surface area (Å²) in [5.74, 6) is -4.87. The minimum atomic E-state index is -2.01. The topological polar surface area (TPSA) is 225 Å². The van der Waals surface area contributed by atoms with E-state index in [1.54, 1.807) is 54.7 Å². The molecule has 17 heteroatoms. The molecule has 0 aliphatic carbocycles. The third-order valence-corrected chi connectivity index (χ3v) is 16.0. The Morgan fingerprint density at radius 2 is 1.56 bits per heavy atom. The summed E-state index contributed by atoms with van der Waals surface area (Å²) >= 11 is 0. The first kappa shape index (κ1) is 59.4. The van der Waals surface area contributed by atoms with Crippen molar-refractivity contribution in [3.8, 4) is 11.1 Å². The smallest absolute Gasteiger partial charge is 0.311 e. The number of aliphatic hydroxyl groups is 4. The highest BCUT2D eigenvalue weighted by molar-refractivity contribution is 5.83. The number of hydrogen-bond acceptors (Lipinski definition) is 16. The summed E-state index contributed by atoms with van der Waals surface area (Å²) in [6.45, 7) is 17.8. The Labute approximate surface area is 428 Å². The number of carbonyl (C=O) groups is 3. The maximum absolute atomic E-state index is 14.4. The number of pyridine rings is 1. The number of hydrogen-bond donors (Lipinski definition) is 5. The van der Waals surface area contributed by atoms with Gasteiger partial charge in [-0.1, -0.05) is 58.0 Å². The van der Waals surface area contributed by atoms with E-state index in [-0.39, 0.29) is 37.4 Å². The predicted octanol–water partition coefficient (Wildman–Crippen LogP) is 5.40. The van der Waals surface area contributed by atoms with Crippen molar-refractivity contribution >= 4 is 17.7 Å². The lowest BCUT2D eigenvalue weighted by atomic mass is 9.74. The van der Waals surface area contributed by atoms with Gasteiger partial charge in [-0.2, -0.15) is 0 Å². The molecule has 0 saturated carbocycles.